The maximum absolute atomic E-state index is 10.8. The van der Waals surface area contributed by atoms with Crippen molar-refractivity contribution in [3.05, 3.63) is 29.3 Å². The van der Waals surface area contributed by atoms with E-state index in [-0.39, 0.29) is 0 Å². The maximum Gasteiger partial charge on any atom is 0.153 e. The van der Waals surface area contributed by atoms with Crippen LogP contribution < -0.4 is 9.47 Å². The lowest BCUT2D eigenvalue weighted by atomic mass is 10.1. The van der Waals surface area contributed by atoms with Gasteiger partial charge in [-0.25, -0.2) is 0 Å². The van der Waals surface area contributed by atoms with Crippen molar-refractivity contribution in [3.63, 3.8) is 0 Å². The van der Waals surface area contributed by atoms with E-state index < -0.39 is 0 Å². The minimum Gasteiger partial charge on any atom is -0.496 e. The van der Waals surface area contributed by atoms with Gasteiger partial charge in [-0.3, -0.25) is 4.79 Å². The number of rotatable bonds is 5. The monoisotopic (exact) mass is 284 g/mol. The fourth-order valence-corrected chi connectivity index (χ4v) is 1.53. The van der Waals surface area contributed by atoms with Gasteiger partial charge >= 0.3 is 0 Å². The van der Waals surface area contributed by atoms with Crippen molar-refractivity contribution in [1.82, 2.24) is 0 Å². The molecule has 0 aromatic heterocycles. The predicted molar refractivity (Wildman–Crippen MR) is 67.8 cm³/mol. The Balaban J connectivity index is 3.25. The highest BCUT2D eigenvalue weighted by Gasteiger charge is 2.08. The Morgan fingerprint density at radius 1 is 1.19 bits per heavy atom. The summed E-state index contributed by atoms with van der Waals surface area (Å²) in [5, 5.41) is 0.758. The average Bonchev–Trinajstić information content (AvgIpc) is 2.35. The highest BCUT2D eigenvalue weighted by atomic mass is 79.9. The molecular weight excluding hydrogens is 272 g/mol. The normalized spacial score (nSPS) is 10.4. The largest absolute Gasteiger partial charge is 0.496 e. The van der Waals surface area contributed by atoms with E-state index in [1.165, 1.54) is 7.11 Å². The van der Waals surface area contributed by atoms with Gasteiger partial charge in [0.1, 0.15) is 11.5 Å². The van der Waals surface area contributed by atoms with Gasteiger partial charge in [0.05, 0.1) is 19.8 Å². The number of methoxy groups -OCH3 is 2. The van der Waals surface area contributed by atoms with Gasteiger partial charge < -0.3 is 9.47 Å². The molecule has 86 valence electrons. The van der Waals surface area contributed by atoms with Gasteiger partial charge in [0, 0.05) is 10.9 Å². The van der Waals surface area contributed by atoms with Gasteiger partial charge in [-0.2, -0.15) is 0 Å². The topological polar surface area (TPSA) is 35.5 Å². The molecule has 16 heavy (non-hydrogen) atoms. The molecule has 0 N–H and O–H groups in total. The summed E-state index contributed by atoms with van der Waals surface area (Å²) in [5.74, 6) is 1.20. The van der Waals surface area contributed by atoms with Crippen molar-refractivity contribution in [2.45, 2.75) is 0 Å². The molecule has 4 heteroatoms. The summed E-state index contributed by atoms with van der Waals surface area (Å²) < 4.78 is 10.3. The van der Waals surface area contributed by atoms with E-state index in [0.717, 1.165) is 17.2 Å². The van der Waals surface area contributed by atoms with E-state index in [2.05, 4.69) is 15.9 Å². The maximum atomic E-state index is 10.8. The highest BCUT2D eigenvalue weighted by molar-refractivity contribution is 9.09. The first kappa shape index (κ1) is 12.8. The second-order valence-corrected chi connectivity index (χ2v) is 3.66. The number of hydrogen-bond acceptors (Lipinski definition) is 3. The van der Waals surface area contributed by atoms with E-state index in [1.54, 1.807) is 19.2 Å². The zero-order valence-electron chi connectivity index (χ0n) is 9.20. The summed E-state index contributed by atoms with van der Waals surface area (Å²) in [6, 6.07) is 3.45. The fourth-order valence-electron chi connectivity index (χ4n) is 1.34. The minimum atomic E-state index is 0.482. The average molecular weight is 285 g/mol. The molecule has 1 aromatic carbocycles. The molecule has 0 radical (unpaired) electrons. The molecule has 0 unspecified atom stereocenters. The van der Waals surface area contributed by atoms with Crippen LogP contribution in [0.1, 0.15) is 15.9 Å². The van der Waals surface area contributed by atoms with Crippen molar-refractivity contribution in [3.8, 4) is 11.5 Å². The second-order valence-electron chi connectivity index (χ2n) is 3.01. The van der Waals surface area contributed by atoms with Crippen molar-refractivity contribution in [2.24, 2.45) is 0 Å². The second kappa shape index (κ2) is 6.33. The molecule has 0 amide bonds. The Labute approximate surface area is 103 Å². The molecule has 0 aliphatic rings. The van der Waals surface area contributed by atoms with E-state index in [4.69, 9.17) is 9.47 Å². The Morgan fingerprint density at radius 3 is 2.25 bits per heavy atom. The third-order valence-electron chi connectivity index (χ3n) is 2.10. The quantitative estimate of drug-likeness (QED) is 0.616. The number of carbonyl (C=O) groups is 1. The van der Waals surface area contributed by atoms with Gasteiger partial charge in [0.25, 0.3) is 0 Å². The lowest BCUT2D eigenvalue weighted by molar-refractivity contribution is 0.112. The summed E-state index contributed by atoms with van der Waals surface area (Å²) in [7, 11) is 3.11. The molecule has 1 aromatic rings. The summed E-state index contributed by atoms with van der Waals surface area (Å²) in [5.41, 5.74) is 1.36. The van der Waals surface area contributed by atoms with Gasteiger partial charge in [-0.15, -0.1) is 0 Å². The van der Waals surface area contributed by atoms with Gasteiger partial charge in [-0.1, -0.05) is 28.1 Å². The van der Waals surface area contributed by atoms with Crippen LogP contribution in [0.2, 0.25) is 0 Å². The number of halogens is 1. The Morgan fingerprint density at radius 2 is 1.75 bits per heavy atom. The van der Waals surface area contributed by atoms with Crippen LogP contribution in [0.15, 0.2) is 18.2 Å². The Bertz CT molecular complexity index is 399. The van der Waals surface area contributed by atoms with E-state index in [9.17, 15) is 4.79 Å². The summed E-state index contributed by atoms with van der Waals surface area (Å²) in [6.07, 6.45) is 4.60. The molecule has 1 rings (SSSR count). The van der Waals surface area contributed by atoms with Crippen LogP contribution in [0.25, 0.3) is 6.08 Å². The fraction of sp³-hybridized carbons (Fsp3) is 0.250. The number of aldehydes is 1. The number of hydrogen-bond donors (Lipinski definition) is 0. The third kappa shape index (κ3) is 2.85. The van der Waals surface area contributed by atoms with E-state index >= 15 is 0 Å². The van der Waals surface area contributed by atoms with Crippen LogP contribution in [-0.4, -0.2) is 25.8 Å². The summed E-state index contributed by atoms with van der Waals surface area (Å²) in [6.45, 7) is 0. The Hall–Kier alpha value is -1.29. The van der Waals surface area contributed by atoms with Crippen LogP contribution in [-0.2, 0) is 0 Å². The number of alkyl halides is 1. The van der Waals surface area contributed by atoms with Crippen molar-refractivity contribution < 1.29 is 14.3 Å². The smallest absolute Gasteiger partial charge is 0.153 e. The van der Waals surface area contributed by atoms with Gasteiger partial charge in [0.15, 0.2) is 6.29 Å². The molecule has 3 nitrogen and oxygen atoms in total. The molecule has 0 spiro atoms. The molecule has 0 atom stereocenters. The van der Waals surface area contributed by atoms with E-state index in [0.29, 0.717) is 17.1 Å². The predicted octanol–water partition coefficient (Wildman–Crippen LogP) is 2.92. The number of ether oxygens (including phenoxy) is 2. The lowest BCUT2D eigenvalue weighted by Crippen LogP contribution is -1.95. The van der Waals surface area contributed by atoms with Crippen LogP contribution >= 0.6 is 15.9 Å². The molecule has 0 bridgehead atoms. The SMILES string of the molecule is COc1cc(C=CCBr)c(OC)cc1C=O. The first-order chi connectivity index (χ1) is 7.76. The summed E-state index contributed by atoms with van der Waals surface area (Å²) >= 11 is 3.30. The molecule has 0 heterocycles. The summed E-state index contributed by atoms with van der Waals surface area (Å²) in [4.78, 5) is 10.8. The Kier molecular flexibility index (Phi) is 5.05. The zero-order chi connectivity index (χ0) is 12.0. The molecule has 0 aliphatic carbocycles. The van der Waals surface area contributed by atoms with Crippen LogP contribution in [0.4, 0.5) is 0 Å². The van der Waals surface area contributed by atoms with Crippen molar-refractivity contribution in [2.75, 3.05) is 19.5 Å². The number of benzene rings is 1. The first-order valence-electron chi connectivity index (χ1n) is 4.70. The minimum absolute atomic E-state index is 0.482. The van der Waals surface area contributed by atoms with Crippen LogP contribution in [0.5, 0.6) is 11.5 Å². The third-order valence-corrected chi connectivity index (χ3v) is 2.47. The van der Waals surface area contributed by atoms with Crippen LogP contribution in [0.3, 0.4) is 0 Å². The molecule has 0 saturated heterocycles. The number of carbonyl (C=O) groups excluding carboxylic acids is 1. The van der Waals surface area contributed by atoms with Gasteiger partial charge in [-0.05, 0) is 12.1 Å². The van der Waals surface area contributed by atoms with Crippen molar-refractivity contribution >= 4 is 28.3 Å². The molecule has 0 fully saturated rings. The molecule has 0 aliphatic heterocycles. The first-order valence-corrected chi connectivity index (χ1v) is 5.82. The van der Waals surface area contributed by atoms with E-state index in [1.807, 2.05) is 12.2 Å². The zero-order valence-corrected chi connectivity index (χ0v) is 10.8. The van der Waals surface area contributed by atoms with Crippen molar-refractivity contribution in [1.29, 1.82) is 0 Å². The molecule has 0 saturated carbocycles. The van der Waals surface area contributed by atoms with Crippen LogP contribution in [0, 0.1) is 0 Å². The number of allylic oxidation sites excluding steroid dienone is 1. The highest BCUT2D eigenvalue weighted by Crippen LogP contribution is 2.28. The van der Waals surface area contributed by atoms with Gasteiger partial charge in [0.2, 0.25) is 0 Å². The lowest BCUT2D eigenvalue weighted by Gasteiger charge is -2.09. The molecular formula is C12H13BrO3. The standard InChI is InChI=1S/C12H13BrO3/c1-15-11-7-10(8-14)12(16-2)6-9(11)4-3-5-13/h3-4,6-8H,5H2,1-2H3.